The lowest BCUT2D eigenvalue weighted by atomic mass is 9.93. The number of carbonyl (C=O) groups excluding carboxylic acids is 1. The van der Waals surface area contributed by atoms with E-state index in [1.54, 1.807) is 0 Å². The third kappa shape index (κ3) is 4.58. The molecule has 0 saturated heterocycles. The van der Waals surface area contributed by atoms with Crippen LogP contribution in [-0.4, -0.2) is 5.91 Å². The number of alkyl halides is 3. The second-order valence-electron chi connectivity index (χ2n) is 5.32. The summed E-state index contributed by atoms with van der Waals surface area (Å²) in [6.45, 7) is 1.97. The van der Waals surface area contributed by atoms with Gasteiger partial charge in [0.1, 0.15) is 0 Å². The molecule has 2 rings (SSSR count). The average Bonchev–Trinajstić information content (AvgIpc) is 2.53. The van der Waals surface area contributed by atoms with Crippen molar-refractivity contribution in [3.8, 4) is 0 Å². The van der Waals surface area contributed by atoms with Gasteiger partial charge in [-0.15, -0.1) is 0 Å². The number of benzene rings is 2. The maximum absolute atomic E-state index is 12.7. The zero-order valence-electron chi connectivity index (χ0n) is 12.7. The first-order valence-corrected chi connectivity index (χ1v) is 7.45. The van der Waals surface area contributed by atoms with Gasteiger partial charge in [0.05, 0.1) is 11.5 Å². The van der Waals surface area contributed by atoms with Gasteiger partial charge in [-0.05, 0) is 30.2 Å². The number of rotatable bonds is 5. The van der Waals surface area contributed by atoms with Crippen molar-refractivity contribution < 1.29 is 18.0 Å². The smallest absolute Gasteiger partial charge is 0.326 e. The third-order valence-electron chi connectivity index (χ3n) is 3.55. The van der Waals surface area contributed by atoms with Gasteiger partial charge >= 0.3 is 6.18 Å². The van der Waals surface area contributed by atoms with Crippen LogP contribution in [-0.2, 0) is 11.0 Å². The Morgan fingerprint density at radius 1 is 1.09 bits per heavy atom. The topological polar surface area (TPSA) is 29.1 Å². The van der Waals surface area contributed by atoms with Crippen LogP contribution in [0.4, 0.5) is 18.9 Å². The van der Waals surface area contributed by atoms with Crippen LogP contribution in [0.5, 0.6) is 0 Å². The van der Waals surface area contributed by atoms with Crippen molar-refractivity contribution in [2.45, 2.75) is 31.9 Å². The van der Waals surface area contributed by atoms with Gasteiger partial charge in [0.2, 0.25) is 5.91 Å². The Labute approximate surface area is 133 Å². The SMILES string of the molecule is CCCC(C(=O)Nc1cccc(C(F)(F)F)c1)c1ccccc1. The lowest BCUT2D eigenvalue weighted by Crippen LogP contribution is -2.21. The van der Waals surface area contributed by atoms with Crippen molar-refractivity contribution in [3.63, 3.8) is 0 Å². The molecule has 2 aromatic rings. The summed E-state index contributed by atoms with van der Waals surface area (Å²) in [5.74, 6) is -0.673. The van der Waals surface area contributed by atoms with Gasteiger partial charge in [-0.1, -0.05) is 49.7 Å². The molecule has 0 aliphatic heterocycles. The highest BCUT2D eigenvalue weighted by Gasteiger charge is 2.30. The number of hydrogen-bond donors (Lipinski definition) is 1. The Morgan fingerprint density at radius 3 is 2.39 bits per heavy atom. The number of amides is 1. The molecule has 23 heavy (non-hydrogen) atoms. The molecule has 2 nitrogen and oxygen atoms in total. The molecular formula is C18H18F3NO. The summed E-state index contributed by atoms with van der Waals surface area (Å²) in [6.07, 6.45) is -2.99. The van der Waals surface area contributed by atoms with Crippen LogP contribution in [0, 0.1) is 0 Å². The summed E-state index contributed by atoms with van der Waals surface area (Å²) in [6, 6.07) is 13.9. The highest BCUT2D eigenvalue weighted by Crippen LogP contribution is 2.31. The van der Waals surface area contributed by atoms with Crippen molar-refractivity contribution in [1.29, 1.82) is 0 Å². The fourth-order valence-electron chi connectivity index (χ4n) is 2.43. The molecule has 2 aromatic carbocycles. The Kier molecular flexibility index (Phi) is 5.42. The molecule has 5 heteroatoms. The van der Waals surface area contributed by atoms with E-state index in [2.05, 4.69) is 5.32 Å². The van der Waals surface area contributed by atoms with Gasteiger partial charge in [-0.2, -0.15) is 13.2 Å². The molecule has 1 N–H and O–H groups in total. The fraction of sp³-hybridized carbons (Fsp3) is 0.278. The molecule has 1 atom stereocenters. The maximum atomic E-state index is 12.7. The first-order valence-electron chi connectivity index (χ1n) is 7.45. The Balaban J connectivity index is 2.19. The quantitative estimate of drug-likeness (QED) is 0.803. The second-order valence-corrected chi connectivity index (χ2v) is 5.32. The van der Waals surface area contributed by atoms with Crippen molar-refractivity contribution in [1.82, 2.24) is 0 Å². The van der Waals surface area contributed by atoms with E-state index in [4.69, 9.17) is 0 Å². The van der Waals surface area contributed by atoms with Crippen LogP contribution in [0.3, 0.4) is 0 Å². The summed E-state index contributed by atoms with van der Waals surface area (Å²) in [7, 11) is 0. The Hall–Kier alpha value is -2.30. The van der Waals surface area contributed by atoms with E-state index < -0.39 is 11.7 Å². The largest absolute Gasteiger partial charge is 0.416 e. The molecule has 0 bridgehead atoms. The molecule has 1 unspecified atom stereocenters. The lowest BCUT2D eigenvalue weighted by molar-refractivity contribution is -0.137. The molecule has 0 fully saturated rings. The van der Waals surface area contributed by atoms with Crippen LogP contribution in [0.1, 0.15) is 36.8 Å². The van der Waals surface area contributed by atoms with E-state index in [9.17, 15) is 18.0 Å². The Bertz CT molecular complexity index is 653. The van der Waals surface area contributed by atoms with Crippen molar-refractivity contribution in [3.05, 3.63) is 65.7 Å². The fourth-order valence-corrected chi connectivity index (χ4v) is 2.43. The first-order chi connectivity index (χ1) is 10.9. The van der Waals surface area contributed by atoms with Gasteiger partial charge < -0.3 is 5.32 Å². The minimum atomic E-state index is -4.43. The second kappa shape index (κ2) is 7.31. The summed E-state index contributed by atoms with van der Waals surface area (Å²) < 4.78 is 38.2. The van der Waals surface area contributed by atoms with E-state index in [0.717, 1.165) is 24.1 Å². The standard InChI is InChI=1S/C18H18F3NO/c1-2-7-16(13-8-4-3-5-9-13)17(23)22-15-11-6-10-14(12-15)18(19,20)21/h3-6,8-12,16H,2,7H2,1H3,(H,22,23). The summed E-state index contributed by atoms with van der Waals surface area (Å²) in [5.41, 5.74) is 0.239. The molecule has 122 valence electrons. The molecular weight excluding hydrogens is 303 g/mol. The molecule has 0 radical (unpaired) electrons. The van der Waals surface area contributed by atoms with Gasteiger partial charge in [0, 0.05) is 5.69 Å². The van der Waals surface area contributed by atoms with Gasteiger partial charge in [0.15, 0.2) is 0 Å². The maximum Gasteiger partial charge on any atom is 0.416 e. The minimum absolute atomic E-state index is 0.154. The molecule has 0 heterocycles. The van der Waals surface area contributed by atoms with E-state index >= 15 is 0 Å². The van der Waals surface area contributed by atoms with Crippen molar-refractivity contribution in [2.75, 3.05) is 5.32 Å². The first kappa shape index (κ1) is 17.1. The van der Waals surface area contributed by atoms with Gasteiger partial charge in [-0.3, -0.25) is 4.79 Å². The van der Waals surface area contributed by atoms with E-state index in [1.165, 1.54) is 12.1 Å². The number of nitrogens with one attached hydrogen (secondary N) is 1. The van der Waals surface area contributed by atoms with Crippen LogP contribution in [0.2, 0.25) is 0 Å². The molecule has 0 saturated carbocycles. The predicted octanol–water partition coefficient (Wildman–Crippen LogP) is 5.23. The molecule has 0 aliphatic rings. The van der Waals surface area contributed by atoms with E-state index in [0.29, 0.717) is 6.42 Å². The van der Waals surface area contributed by atoms with Gasteiger partial charge in [0.25, 0.3) is 0 Å². The predicted molar refractivity (Wildman–Crippen MR) is 84.2 cm³/mol. The number of hydrogen-bond acceptors (Lipinski definition) is 1. The van der Waals surface area contributed by atoms with E-state index in [-0.39, 0.29) is 17.5 Å². The summed E-state index contributed by atoms with van der Waals surface area (Å²) in [5, 5.41) is 2.60. The van der Waals surface area contributed by atoms with Gasteiger partial charge in [-0.25, -0.2) is 0 Å². The van der Waals surface area contributed by atoms with Crippen molar-refractivity contribution >= 4 is 11.6 Å². The zero-order valence-corrected chi connectivity index (χ0v) is 12.7. The minimum Gasteiger partial charge on any atom is -0.326 e. The monoisotopic (exact) mass is 321 g/mol. The third-order valence-corrected chi connectivity index (χ3v) is 3.55. The normalized spacial score (nSPS) is 12.7. The van der Waals surface area contributed by atoms with Crippen LogP contribution in [0.25, 0.3) is 0 Å². The van der Waals surface area contributed by atoms with Crippen LogP contribution in [0.15, 0.2) is 54.6 Å². The number of anilines is 1. The van der Waals surface area contributed by atoms with Crippen molar-refractivity contribution in [2.24, 2.45) is 0 Å². The molecule has 1 amide bonds. The van der Waals surface area contributed by atoms with Crippen LogP contribution < -0.4 is 5.32 Å². The highest BCUT2D eigenvalue weighted by molar-refractivity contribution is 5.95. The number of halogens is 3. The highest BCUT2D eigenvalue weighted by atomic mass is 19.4. The Morgan fingerprint density at radius 2 is 1.78 bits per heavy atom. The molecule has 0 aliphatic carbocycles. The lowest BCUT2D eigenvalue weighted by Gasteiger charge is -2.17. The van der Waals surface area contributed by atoms with Crippen LogP contribution >= 0.6 is 0 Å². The average molecular weight is 321 g/mol. The zero-order chi connectivity index (χ0) is 16.9. The summed E-state index contributed by atoms with van der Waals surface area (Å²) in [4.78, 5) is 12.5. The molecule has 0 spiro atoms. The molecule has 0 aromatic heterocycles. The van der Waals surface area contributed by atoms with E-state index in [1.807, 2.05) is 37.3 Å². The summed E-state index contributed by atoms with van der Waals surface area (Å²) >= 11 is 0. The number of carbonyl (C=O) groups is 1.